The Morgan fingerprint density at radius 1 is 1.22 bits per heavy atom. The topological polar surface area (TPSA) is 68.3 Å². The molecule has 1 aromatic carbocycles. The van der Waals surface area contributed by atoms with Crippen molar-refractivity contribution in [3.63, 3.8) is 0 Å². The molecule has 2 aromatic rings. The lowest BCUT2D eigenvalue weighted by Crippen LogP contribution is -2.24. The summed E-state index contributed by atoms with van der Waals surface area (Å²) in [5, 5.41) is 3.75. The van der Waals surface area contributed by atoms with E-state index in [9.17, 15) is 4.79 Å². The monoisotopic (exact) mass is 246 g/mol. The van der Waals surface area contributed by atoms with Crippen LogP contribution in [-0.2, 0) is 0 Å². The van der Waals surface area contributed by atoms with Gasteiger partial charge in [-0.2, -0.15) is 0 Å². The normalized spacial score (nSPS) is 10.7. The van der Waals surface area contributed by atoms with Gasteiger partial charge in [0.05, 0.1) is 5.56 Å². The van der Waals surface area contributed by atoms with Crippen LogP contribution >= 0.6 is 0 Å². The Hall–Kier alpha value is -1.81. The van der Waals surface area contributed by atoms with Crippen LogP contribution in [0.1, 0.15) is 29.6 Å². The number of fused-ring (bicyclic) bond motifs is 1. The fourth-order valence-electron chi connectivity index (χ4n) is 1.90. The number of nitrogens with one attached hydrogen (secondary N) is 1. The van der Waals surface area contributed by atoms with E-state index in [-0.39, 0.29) is 5.91 Å². The lowest BCUT2D eigenvalue weighted by molar-refractivity contribution is 0.0954. The smallest absolute Gasteiger partial charge is 0.255 e. The Bertz CT molecular complexity index is 519. The van der Waals surface area contributed by atoms with Gasteiger partial charge in [0.15, 0.2) is 0 Å². The number of carbonyl (C=O) groups is 1. The van der Waals surface area contributed by atoms with E-state index in [0.717, 1.165) is 30.2 Å². The molecule has 4 nitrogen and oxygen atoms in total. The molecule has 1 aromatic heterocycles. The standard InChI is InChI=1S/C14H18N2O2/c15-8-4-1-5-9-16-14(17)12-10-18-13-7-3-2-6-11(12)13/h2-3,6-7,10H,1,4-5,8-9,15H2,(H,16,17). The molecule has 0 aliphatic heterocycles. The van der Waals surface area contributed by atoms with Crippen molar-refractivity contribution in [1.82, 2.24) is 5.32 Å². The molecule has 18 heavy (non-hydrogen) atoms. The zero-order valence-electron chi connectivity index (χ0n) is 10.3. The number of amides is 1. The first-order chi connectivity index (χ1) is 8.83. The number of rotatable bonds is 6. The minimum absolute atomic E-state index is 0.0762. The largest absolute Gasteiger partial charge is 0.463 e. The van der Waals surface area contributed by atoms with Gasteiger partial charge in [0.2, 0.25) is 0 Å². The maximum absolute atomic E-state index is 12.0. The molecular weight excluding hydrogens is 228 g/mol. The first kappa shape index (κ1) is 12.6. The van der Waals surface area contributed by atoms with Gasteiger partial charge in [0.1, 0.15) is 11.8 Å². The Balaban J connectivity index is 1.93. The molecule has 0 atom stereocenters. The summed E-state index contributed by atoms with van der Waals surface area (Å²) in [6.45, 7) is 1.39. The number of unbranched alkanes of at least 4 members (excludes halogenated alkanes) is 2. The molecule has 3 N–H and O–H groups in total. The summed E-state index contributed by atoms with van der Waals surface area (Å²) >= 11 is 0. The van der Waals surface area contributed by atoms with Crippen LogP contribution in [0.25, 0.3) is 11.0 Å². The predicted octanol–water partition coefficient (Wildman–Crippen LogP) is 2.29. The van der Waals surface area contributed by atoms with Crippen LogP contribution in [0.4, 0.5) is 0 Å². The molecule has 2 rings (SSSR count). The maximum atomic E-state index is 12.0. The van der Waals surface area contributed by atoms with Crippen molar-refractivity contribution < 1.29 is 9.21 Å². The van der Waals surface area contributed by atoms with Crippen molar-refractivity contribution in [1.29, 1.82) is 0 Å². The number of nitrogens with two attached hydrogens (primary N) is 1. The molecule has 4 heteroatoms. The lowest BCUT2D eigenvalue weighted by Gasteiger charge is -2.03. The van der Waals surface area contributed by atoms with Crippen LogP contribution in [0.3, 0.4) is 0 Å². The predicted molar refractivity (Wildman–Crippen MR) is 71.5 cm³/mol. The Morgan fingerprint density at radius 3 is 2.89 bits per heavy atom. The van der Waals surface area contributed by atoms with Gasteiger partial charge in [-0.3, -0.25) is 4.79 Å². The van der Waals surface area contributed by atoms with Gasteiger partial charge in [-0.1, -0.05) is 24.6 Å². The maximum Gasteiger partial charge on any atom is 0.255 e. The zero-order valence-corrected chi connectivity index (χ0v) is 10.3. The van der Waals surface area contributed by atoms with E-state index in [2.05, 4.69) is 5.32 Å². The second kappa shape index (κ2) is 6.21. The zero-order chi connectivity index (χ0) is 12.8. The van der Waals surface area contributed by atoms with Crippen LogP contribution in [0.15, 0.2) is 34.9 Å². The first-order valence-electron chi connectivity index (χ1n) is 6.27. The van der Waals surface area contributed by atoms with E-state index in [1.165, 1.54) is 6.26 Å². The quantitative estimate of drug-likeness (QED) is 0.768. The van der Waals surface area contributed by atoms with Crippen LogP contribution in [0.2, 0.25) is 0 Å². The molecular formula is C14H18N2O2. The van der Waals surface area contributed by atoms with Gasteiger partial charge in [-0.25, -0.2) is 0 Å². The Kier molecular flexibility index (Phi) is 4.36. The molecule has 1 heterocycles. The number of benzene rings is 1. The molecule has 0 saturated heterocycles. The Morgan fingerprint density at radius 2 is 2.06 bits per heavy atom. The van der Waals surface area contributed by atoms with Crippen molar-refractivity contribution >= 4 is 16.9 Å². The fourth-order valence-corrected chi connectivity index (χ4v) is 1.90. The minimum Gasteiger partial charge on any atom is -0.463 e. The van der Waals surface area contributed by atoms with Gasteiger partial charge >= 0.3 is 0 Å². The van der Waals surface area contributed by atoms with E-state index in [1.54, 1.807) is 0 Å². The number of hydrogen-bond donors (Lipinski definition) is 2. The molecule has 0 radical (unpaired) electrons. The third-order valence-electron chi connectivity index (χ3n) is 2.89. The van der Waals surface area contributed by atoms with Gasteiger partial charge in [0, 0.05) is 11.9 Å². The molecule has 0 bridgehead atoms. The lowest BCUT2D eigenvalue weighted by atomic mass is 10.1. The molecule has 96 valence electrons. The highest BCUT2D eigenvalue weighted by molar-refractivity contribution is 6.05. The second-order valence-corrected chi connectivity index (χ2v) is 4.25. The highest BCUT2D eigenvalue weighted by Gasteiger charge is 2.12. The fraction of sp³-hybridized carbons (Fsp3) is 0.357. The average molecular weight is 246 g/mol. The van der Waals surface area contributed by atoms with Crippen LogP contribution < -0.4 is 11.1 Å². The van der Waals surface area contributed by atoms with Crippen molar-refractivity contribution in [3.8, 4) is 0 Å². The molecule has 0 fully saturated rings. The summed E-state index contributed by atoms with van der Waals surface area (Å²) in [6.07, 6.45) is 4.52. The number of furan rings is 1. The van der Waals surface area contributed by atoms with E-state index in [4.69, 9.17) is 10.2 Å². The first-order valence-corrected chi connectivity index (χ1v) is 6.27. The van der Waals surface area contributed by atoms with E-state index >= 15 is 0 Å². The molecule has 0 saturated carbocycles. The number of hydrogen-bond acceptors (Lipinski definition) is 3. The summed E-state index contributed by atoms with van der Waals surface area (Å²) in [6, 6.07) is 7.53. The summed E-state index contributed by atoms with van der Waals surface area (Å²) < 4.78 is 5.34. The Labute approximate surface area is 106 Å². The van der Waals surface area contributed by atoms with Crippen LogP contribution in [0.5, 0.6) is 0 Å². The molecule has 0 aliphatic carbocycles. The number of para-hydroxylation sites is 1. The van der Waals surface area contributed by atoms with Gasteiger partial charge in [-0.15, -0.1) is 0 Å². The highest BCUT2D eigenvalue weighted by Crippen LogP contribution is 2.20. The molecule has 0 unspecified atom stereocenters. The minimum atomic E-state index is -0.0762. The van der Waals surface area contributed by atoms with Crippen molar-refractivity contribution in [2.45, 2.75) is 19.3 Å². The van der Waals surface area contributed by atoms with Crippen molar-refractivity contribution in [3.05, 3.63) is 36.1 Å². The SMILES string of the molecule is NCCCCCNC(=O)c1coc2ccccc12. The van der Waals surface area contributed by atoms with E-state index < -0.39 is 0 Å². The van der Waals surface area contributed by atoms with Crippen molar-refractivity contribution in [2.24, 2.45) is 5.73 Å². The van der Waals surface area contributed by atoms with Gasteiger partial charge in [0.25, 0.3) is 5.91 Å². The van der Waals surface area contributed by atoms with Crippen molar-refractivity contribution in [2.75, 3.05) is 13.1 Å². The molecule has 1 amide bonds. The second-order valence-electron chi connectivity index (χ2n) is 4.25. The summed E-state index contributed by atoms with van der Waals surface area (Å²) in [7, 11) is 0. The summed E-state index contributed by atoms with van der Waals surface area (Å²) in [5.41, 5.74) is 6.75. The third kappa shape index (κ3) is 2.90. The third-order valence-corrected chi connectivity index (χ3v) is 2.89. The average Bonchev–Trinajstić information content (AvgIpc) is 2.82. The van der Waals surface area contributed by atoms with Crippen LogP contribution in [-0.4, -0.2) is 19.0 Å². The van der Waals surface area contributed by atoms with E-state index in [0.29, 0.717) is 18.7 Å². The summed E-state index contributed by atoms with van der Waals surface area (Å²) in [5.74, 6) is -0.0762. The van der Waals surface area contributed by atoms with Gasteiger partial charge in [-0.05, 0) is 25.5 Å². The van der Waals surface area contributed by atoms with Crippen LogP contribution in [0, 0.1) is 0 Å². The molecule has 0 spiro atoms. The summed E-state index contributed by atoms with van der Waals surface area (Å²) in [4.78, 5) is 12.0. The number of carbonyl (C=O) groups excluding carboxylic acids is 1. The highest BCUT2D eigenvalue weighted by atomic mass is 16.3. The van der Waals surface area contributed by atoms with Gasteiger partial charge < -0.3 is 15.5 Å². The molecule has 0 aliphatic rings. The van der Waals surface area contributed by atoms with E-state index in [1.807, 2.05) is 24.3 Å².